The summed E-state index contributed by atoms with van der Waals surface area (Å²) in [6.07, 6.45) is 12.6. The molecule has 0 radical (unpaired) electrons. The molecule has 32 heavy (non-hydrogen) atoms. The quantitative estimate of drug-likeness (QED) is 0.230. The average molecular weight is 447 g/mol. The van der Waals surface area contributed by atoms with E-state index in [4.69, 9.17) is 4.74 Å². The summed E-state index contributed by atoms with van der Waals surface area (Å²) in [5, 5.41) is 0. The minimum Gasteiger partial charge on any atom is -0.490 e. The fourth-order valence-electron chi connectivity index (χ4n) is 3.78. The summed E-state index contributed by atoms with van der Waals surface area (Å²) in [5.41, 5.74) is 2.31. The minimum absolute atomic E-state index is 0.0540. The number of unbranched alkanes of at least 4 members (excludes halogenated alkanes) is 6. The molecule has 3 nitrogen and oxygen atoms in total. The molecule has 2 unspecified atom stereocenters. The molecule has 0 aliphatic heterocycles. The highest BCUT2D eigenvalue weighted by Crippen LogP contribution is 2.19. The summed E-state index contributed by atoms with van der Waals surface area (Å²) in [4.78, 5) is 8.74. The van der Waals surface area contributed by atoms with Crippen molar-refractivity contribution in [2.24, 2.45) is 0 Å². The van der Waals surface area contributed by atoms with E-state index in [9.17, 15) is 8.78 Å². The maximum atomic E-state index is 13.8. The smallest absolute Gasteiger partial charge is 0.159 e. The lowest BCUT2D eigenvalue weighted by Crippen LogP contribution is -2.13. The number of benzene rings is 1. The predicted molar refractivity (Wildman–Crippen MR) is 129 cm³/mol. The molecule has 178 valence electrons. The van der Waals surface area contributed by atoms with Gasteiger partial charge < -0.3 is 4.74 Å². The normalized spacial score (nSPS) is 13.1. The number of halogens is 2. The van der Waals surface area contributed by atoms with Gasteiger partial charge in [-0.2, -0.15) is 0 Å². The van der Waals surface area contributed by atoms with Crippen LogP contribution in [0.25, 0.3) is 11.4 Å². The van der Waals surface area contributed by atoms with Gasteiger partial charge in [-0.05, 0) is 24.8 Å². The molecule has 2 atom stereocenters. The highest BCUT2D eigenvalue weighted by molar-refractivity contribution is 5.55. The molecule has 0 aliphatic carbocycles. The van der Waals surface area contributed by atoms with Crippen LogP contribution in [0, 0.1) is 0 Å². The van der Waals surface area contributed by atoms with Crippen LogP contribution in [0.3, 0.4) is 0 Å². The van der Waals surface area contributed by atoms with Crippen LogP contribution < -0.4 is 4.74 Å². The number of aromatic nitrogens is 2. The van der Waals surface area contributed by atoms with Crippen molar-refractivity contribution >= 4 is 0 Å². The van der Waals surface area contributed by atoms with Crippen LogP contribution in [0.4, 0.5) is 8.78 Å². The minimum atomic E-state index is -1.18. The standard InChI is InChI=1S/C27H40F2N2O/c1-3-5-6-7-8-9-10-12-22-13-15-23(16-14-22)27-30-20-26(21-31-27)32-18-17-25(29)19-24(28)11-4-2/h13-16,20-21,24-25H,3-12,17-19H2,1-2H3. The Morgan fingerprint density at radius 3 is 2.06 bits per heavy atom. The van der Waals surface area contributed by atoms with Gasteiger partial charge in [0.15, 0.2) is 11.6 Å². The molecule has 2 rings (SSSR count). The summed E-state index contributed by atoms with van der Waals surface area (Å²) < 4.78 is 32.8. The second-order valence-electron chi connectivity index (χ2n) is 8.67. The zero-order valence-corrected chi connectivity index (χ0v) is 19.9. The van der Waals surface area contributed by atoms with E-state index < -0.39 is 12.3 Å². The molecule has 0 N–H and O–H groups in total. The van der Waals surface area contributed by atoms with Crippen molar-refractivity contribution in [3.63, 3.8) is 0 Å². The van der Waals surface area contributed by atoms with E-state index in [1.54, 1.807) is 12.4 Å². The van der Waals surface area contributed by atoms with Gasteiger partial charge in [-0.3, -0.25) is 0 Å². The highest BCUT2D eigenvalue weighted by atomic mass is 19.1. The number of rotatable bonds is 17. The molecule has 0 bridgehead atoms. The van der Waals surface area contributed by atoms with Crippen molar-refractivity contribution in [2.45, 2.75) is 103 Å². The molecule has 0 saturated heterocycles. The van der Waals surface area contributed by atoms with Gasteiger partial charge in [0.1, 0.15) is 12.3 Å². The molecular weight excluding hydrogens is 406 g/mol. The van der Waals surface area contributed by atoms with Crippen LogP contribution in [0.2, 0.25) is 0 Å². The number of nitrogens with zero attached hydrogens (tertiary/aromatic N) is 2. The zero-order valence-electron chi connectivity index (χ0n) is 19.9. The predicted octanol–water partition coefficient (Wildman–Crippen LogP) is 8.07. The summed E-state index contributed by atoms with van der Waals surface area (Å²) >= 11 is 0. The van der Waals surface area contributed by atoms with Crippen LogP contribution >= 0.6 is 0 Å². The number of hydrogen-bond donors (Lipinski definition) is 0. The van der Waals surface area contributed by atoms with Crippen molar-refractivity contribution in [2.75, 3.05) is 6.61 Å². The van der Waals surface area contributed by atoms with Crippen molar-refractivity contribution in [3.05, 3.63) is 42.2 Å². The monoisotopic (exact) mass is 446 g/mol. The van der Waals surface area contributed by atoms with E-state index in [0.29, 0.717) is 18.0 Å². The van der Waals surface area contributed by atoms with Gasteiger partial charge in [0.25, 0.3) is 0 Å². The van der Waals surface area contributed by atoms with E-state index >= 15 is 0 Å². The Balaban J connectivity index is 1.69. The lowest BCUT2D eigenvalue weighted by molar-refractivity contribution is 0.176. The van der Waals surface area contributed by atoms with Crippen molar-refractivity contribution < 1.29 is 13.5 Å². The van der Waals surface area contributed by atoms with Crippen molar-refractivity contribution in [1.82, 2.24) is 9.97 Å². The summed E-state index contributed by atoms with van der Waals surface area (Å²) in [5.74, 6) is 1.14. The second-order valence-corrected chi connectivity index (χ2v) is 8.67. The van der Waals surface area contributed by atoms with Gasteiger partial charge in [0.2, 0.25) is 0 Å². The SMILES string of the molecule is CCCCCCCCCc1ccc(-c2ncc(OCCC(F)CC(F)CCC)cn2)cc1. The average Bonchev–Trinajstić information content (AvgIpc) is 2.79. The van der Waals surface area contributed by atoms with Crippen LogP contribution in [-0.4, -0.2) is 28.9 Å². The summed E-state index contributed by atoms with van der Waals surface area (Å²) in [7, 11) is 0. The van der Waals surface area contributed by atoms with Crippen LogP contribution in [0.1, 0.15) is 90.0 Å². The van der Waals surface area contributed by atoms with Gasteiger partial charge in [0.05, 0.1) is 19.0 Å². The lowest BCUT2D eigenvalue weighted by Gasteiger charge is -2.12. The molecule has 2 aromatic rings. The fraction of sp³-hybridized carbons (Fsp3) is 0.630. The van der Waals surface area contributed by atoms with Crippen LogP contribution in [0.5, 0.6) is 5.75 Å². The van der Waals surface area contributed by atoms with E-state index in [1.165, 1.54) is 50.5 Å². The number of hydrogen-bond acceptors (Lipinski definition) is 3. The van der Waals surface area contributed by atoms with Crippen molar-refractivity contribution in [3.8, 4) is 17.1 Å². The number of ether oxygens (including phenoxy) is 1. The molecule has 0 fully saturated rings. The van der Waals surface area contributed by atoms with Crippen LogP contribution in [0.15, 0.2) is 36.7 Å². The number of aryl methyl sites for hydroxylation is 1. The van der Waals surface area contributed by atoms with Gasteiger partial charge >= 0.3 is 0 Å². The summed E-state index contributed by atoms with van der Waals surface area (Å²) in [6.45, 7) is 4.34. The highest BCUT2D eigenvalue weighted by Gasteiger charge is 2.14. The molecule has 0 saturated carbocycles. The Morgan fingerprint density at radius 2 is 1.41 bits per heavy atom. The Bertz CT molecular complexity index is 721. The van der Waals surface area contributed by atoms with Gasteiger partial charge in [-0.25, -0.2) is 18.7 Å². The first-order valence-corrected chi connectivity index (χ1v) is 12.4. The van der Waals surface area contributed by atoms with Gasteiger partial charge in [-0.15, -0.1) is 0 Å². The van der Waals surface area contributed by atoms with Crippen molar-refractivity contribution in [1.29, 1.82) is 0 Å². The molecule has 0 spiro atoms. The first kappa shape index (κ1) is 26.2. The van der Waals surface area contributed by atoms with Gasteiger partial charge in [0, 0.05) is 18.4 Å². The topological polar surface area (TPSA) is 35.0 Å². The zero-order chi connectivity index (χ0) is 23.0. The van der Waals surface area contributed by atoms with Gasteiger partial charge in [-0.1, -0.05) is 83.1 Å². The molecule has 5 heteroatoms. The Morgan fingerprint density at radius 1 is 0.781 bits per heavy atom. The Kier molecular flexibility index (Phi) is 12.9. The molecule has 1 heterocycles. The third-order valence-electron chi connectivity index (χ3n) is 5.72. The largest absolute Gasteiger partial charge is 0.490 e. The maximum absolute atomic E-state index is 13.8. The van der Waals surface area contributed by atoms with Crippen LogP contribution in [-0.2, 0) is 6.42 Å². The molecular formula is C27H40F2N2O. The Labute approximate surface area is 193 Å². The van der Waals surface area contributed by atoms with E-state index in [2.05, 4.69) is 41.2 Å². The first-order valence-electron chi connectivity index (χ1n) is 12.4. The molecule has 0 aliphatic rings. The fourth-order valence-corrected chi connectivity index (χ4v) is 3.78. The lowest BCUT2D eigenvalue weighted by atomic mass is 10.0. The second kappa shape index (κ2) is 15.7. The maximum Gasteiger partial charge on any atom is 0.159 e. The number of alkyl halides is 2. The Hall–Kier alpha value is -2.04. The summed E-state index contributed by atoms with van der Waals surface area (Å²) in [6, 6.07) is 8.42. The molecule has 0 amide bonds. The third kappa shape index (κ3) is 10.5. The van der Waals surface area contributed by atoms with E-state index in [-0.39, 0.29) is 19.4 Å². The molecule has 1 aromatic heterocycles. The third-order valence-corrected chi connectivity index (χ3v) is 5.72. The molecule has 1 aromatic carbocycles. The first-order chi connectivity index (χ1) is 15.6. The van der Waals surface area contributed by atoms with E-state index in [1.807, 2.05) is 6.92 Å². The van der Waals surface area contributed by atoms with E-state index in [0.717, 1.165) is 18.4 Å².